The number of nitriles is 1. The van der Waals surface area contributed by atoms with Crippen LogP contribution in [0.4, 0.5) is 0 Å². The van der Waals surface area contributed by atoms with Crippen LogP contribution in [0.5, 0.6) is 0 Å². The molecule has 0 aromatic heterocycles. The molecule has 0 saturated heterocycles. The van der Waals surface area contributed by atoms with Crippen LogP contribution >= 0.6 is 0 Å². The second kappa shape index (κ2) is 9.07. The first-order chi connectivity index (χ1) is 14.1. The number of nitrogens with one attached hydrogen (secondary N) is 1. The normalized spacial score (nSPS) is 22.7. The molecular formula is C20H25N3O7. The third-order valence-electron chi connectivity index (χ3n) is 5.31. The lowest BCUT2D eigenvalue weighted by Crippen LogP contribution is -2.49. The summed E-state index contributed by atoms with van der Waals surface area (Å²) in [4.78, 5) is 53.9. The Kier molecular flexibility index (Phi) is 6.97. The number of nitrogens with zero attached hydrogens (tertiary/aromatic N) is 2. The van der Waals surface area contributed by atoms with Gasteiger partial charge in [-0.2, -0.15) is 5.26 Å². The van der Waals surface area contributed by atoms with Gasteiger partial charge in [0, 0.05) is 11.4 Å². The molecule has 0 aromatic rings. The van der Waals surface area contributed by atoms with Gasteiger partial charge in [-0.1, -0.05) is 0 Å². The van der Waals surface area contributed by atoms with Crippen LogP contribution in [0.2, 0.25) is 0 Å². The van der Waals surface area contributed by atoms with Gasteiger partial charge in [-0.05, 0) is 39.5 Å². The summed E-state index contributed by atoms with van der Waals surface area (Å²) in [7, 11) is 2.28. The lowest BCUT2D eigenvalue weighted by molar-refractivity contribution is -0.158. The molecule has 0 aromatic carbocycles. The highest BCUT2D eigenvalue weighted by molar-refractivity contribution is 6.10. The van der Waals surface area contributed by atoms with Crippen LogP contribution in [-0.2, 0) is 33.4 Å². The van der Waals surface area contributed by atoms with Crippen molar-refractivity contribution in [3.63, 3.8) is 0 Å². The van der Waals surface area contributed by atoms with Crippen molar-refractivity contribution in [1.29, 1.82) is 5.26 Å². The van der Waals surface area contributed by atoms with E-state index in [0.717, 1.165) is 27.1 Å². The van der Waals surface area contributed by atoms with E-state index in [-0.39, 0.29) is 22.9 Å². The number of hydrogen-bond acceptors (Lipinski definition) is 9. The lowest BCUT2D eigenvalue weighted by Gasteiger charge is -2.29. The van der Waals surface area contributed by atoms with Crippen molar-refractivity contribution in [3.8, 4) is 6.07 Å². The molecule has 0 bridgehead atoms. The Morgan fingerprint density at radius 3 is 2.27 bits per heavy atom. The van der Waals surface area contributed by atoms with Gasteiger partial charge in [0.1, 0.15) is 17.4 Å². The van der Waals surface area contributed by atoms with Gasteiger partial charge in [0.25, 0.3) is 5.91 Å². The molecule has 30 heavy (non-hydrogen) atoms. The molecule has 1 heterocycles. The number of amides is 1. The molecule has 162 valence electrons. The highest BCUT2D eigenvalue weighted by Gasteiger charge is 2.47. The van der Waals surface area contributed by atoms with Gasteiger partial charge < -0.3 is 19.5 Å². The molecule has 1 aliphatic carbocycles. The van der Waals surface area contributed by atoms with Crippen molar-refractivity contribution in [2.45, 2.75) is 39.2 Å². The zero-order valence-corrected chi connectivity index (χ0v) is 17.6. The number of carbonyl (C=O) groups excluding carboxylic acids is 4. The maximum atomic E-state index is 12.9. The fourth-order valence-corrected chi connectivity index (χ4v) is 3.53. The van der Waals surface area contributed by atoms with Crippen LogP contribution in [0.1, 0.15) is 33.6 Å². The highest BCUT2D eigenvalue weighted by Crippen LogP contribution is 2.39. The smallest absolute Gasteiger partial charge is 0.336 e. The quantitative estimate of drug-likeness (QED) is 0.468. The highest BCUT2D eigenvalue weighted by atomic mass is 16.5. The zero-order chi connectivity index (χ0) is 22.6. The molecule has 10 heteroatoms. The van der Waals surface area contributed by atoms with Gasteiger partial charge >= 0.3 is 17.9 Å². The maximum absolute atomic E-state index is 12.9. The first kappa shape index (κ1) is 23.1. The van der Waals surface area contributed by atoms with Crippen LogP contribution in [-0.4, -0.2) is 55.9 Å². The van der Waals surface area contributed by atoms with E-state index in [1.54, 1.807) is 6.92 Å². The molecule has 2 rings (SSSR count). The molecule has 1 unspecified atom stereocenters. The number of esters is 3. The molecular weight excluding hydrogens is 394 g/mol. The SMILES string of the molecule is COC(=O)C1=C(C)N=C(C)C(C(=O)OC)[C@@H]1C(=O)OCC(=O)N[C@](C)(C#N)C1CC1. The number of carbonyl (C=O) groups is 4. The van der Waals surface area contributed by atoms with Gasteiger partial charge in [-0.3, -0.25) is 19.4 Å². The fraction of sp³-hybridized carbons (Fsp3) is 0.600. The van der Waals surface area contributed by atoms with E-state index in [2.05, 4.69) is 16.4 Å². The van der Waals surface area contributed by atoms with Gasteiger partial charge in [0.15, 0.2) is 6.61 Å². The predicted molar refractivity (Wildman–Crippen MR) is 103 cm³/mol. The van der Waals surface area contributed by atoms with E-state index in [4.69, 9.17) is 14.2 Å². The molecule has 0 spiro atoms. The van der Waals surface area contributed by atoms with Crippen molar-refractivity contribution in [2.24, 2.45) is 22.7 Å². The van der Waals surface area contributed by atoms with Crippen molar-refractivity contribution in [2.75, 3.05) is 20.8 Å². The van der Waals surface area contributed by atoms with Gasteiger partial charge in [0.05, 0.1) is 25.9 Å². The average molecular weight is 419 g/mol. The Morgan fingerprint density at radius 2 is 1.77 bits per heavy atom. The topological polar surface area (TPSA) is 144 Å². The summed E-state index contributed by atoms with van der Waals surface area (Å²) >= 11 is 0. The summed E-state index contributed by atoms with van der Waals surface area (Å²) in [5.74, 6) is -5.76. The molecule has 3 atom stereocenters. The van der Waals surface area contributed by atoms with Crippen molar-refractivity contribution < 1.29 is 33.4 Å². The van der Waals surface area contributed by atoms with Crippen molar-refractivity contribution in [3.05, 3.63) is 11.3 Å². The summed E-state index contributed by atoms with van der Waals surface area (Å²) < 4.78 is 14.6. The van der Waals surface area contributed by atoms with Crippen LogP contribution in [0.15, 0.2) is 16.3 Å². The largest absolute Gasteiger partial charge is 0.468 e. The molecule has 1 fully saturated rings. The summed E-state index contributed by atoms with van der Waals surface area (Å²) in [5.41, 5.74) is -0.704. The van der Waals surface area contributed by atoms with Gasteiger partial charge in [0.2, 0.25) is 0 Å². The molecule has 0 radical (unpaired) electrons. The molecule has 1 N–H and O–H groups in total. The molecule has 10 nitrogen and oxygen atoms in total. The zero-order valence-electron chi connectivity index (χ0n) is 17.6. The summed E-state index contributed by atoms with van der Waals surface area (Å²) in [6.45, 7) is 3.97. The number of hydrogen-bond donors (Lipinski definition) is 1. The average Bonchev–Trinajstić information content (AvgIpc) is 3.56. The third-order valence-corrected chi connectivity index (χ3v) is 5.31. The number of rotatable bonds is 7. The standard InChI is InChI=1S/C20H25N3O7/c1-10-14(17(25)28-4)16(15(11(2)22-10)18(26)29-5)19(27)30-8-13(24)23-20(3,9-21)12-6-7-12/h12,14,16H,6-8H2,1-5H3,(H,23,24)/t14?,16-,20+/m0/s1. The Labute approximate surface area is 174 Å². The first-order valence-electron chi connectivity index (χ1n) is 9.40. The second-order valence-electron chi connectivity index (χ2n) is 7.47. The number of methoxy groups -OCH3 is 2. The Balaban J connectivity index is 2.21. The number of aliphatic imine (C=N–C) groups is 1. The predicted octanol–water partition coefficient (Wildman–Crippen LogP) is 0.665. The summed E-state index contributed by atoms with van der Waals surface area (Å²) in [6.07, 6.45) is 1.66. The molecule has 2 aliphatic rings. The Hall–Kier alpha value is -3.22. The Morgan fingerprint density at radius 1 is 1.13 bits per heavy atom. The minimum atomic E-state index is -1.37. The Bertz CT molecular complexity index is 866. The van der Waals surface area contributed by atoms with E-state index >= 15 is 0 Å². The van der Waals surface area contributed by atoms with Crippen molar-refractivity contribution >= 4 is 29.5 Å². The summed E-state index contributed by atoms with van der Waals surface area (Å²) in [6, 6.07) is 2.08. The van der Waals surface area contributed by atoms with Crippen LogP contribution in [0, 0.1) is 29.1 Å². The van der Waals surface area contributed by atoms with E-state index in [1.165, 1.54) is 13.8 Å². The van der Waals surface area contributed by atoms with E-state index in [1.807, 2.05) is 0 Å². The van der Waals surface area contributed by atoms with Crippen molar-refractivity contribution in [1.82, 2.24) is 5.32 Å². The second-order valence-corrected chi connectivity index (χ2v) is 7.47. The van der Waals surface area contributed by atoms with E-state index in [0.29, 0.717) is 0 Å². The van der Waals surface area contributed by atoms with Crippen LogP contribution < -0.4 is 5.32 Å². The summed E-state index contributed by atoms with van der Waals surface area (Å²) in [5, 5.41) is 11.9. The molecule has 1 amide bonds. The van der Waals surface area contributed by atoms with Crippen LogP contribution in [0.3, 0.4) is 0 Å². The van der Waals surface area contributed by atoms with E-state index < -0.39 is 47.8 Å². The monoisotopic (exact) mass is 419 g/mol. The number of ether oxygens (including phenoxy) is 3. The third kappa shape index (κ3) is 4.67. The van der Waals surface area contributed by atoms with Gasteiger partial charge in [-0.15, -0.1) is 0 Å². The van der Waals surface area contributed by atoms with Gasteiger partial charge in [-0.25, -0.2) is 4.79 Å². The first-order valence-corrected chi connectivity index (χ1v) is 9.40. The lowest BCUT2D eigenvalue weighted by atomic mass is 9.80. The maximum Gasteiger partial charge on any atom is 0.336 e. The fourth-order valence-electron chi connectivity index (χ4n) is 3.53. The minimum absolute atomic E-state index is 0.0552. The van der Waals surface area contributed by atoms with E-state index in [9.17, 15) is 24.4 Å². The number of allylic oxidation sites excluding steroid dienone is 1. The van der Waals surface area contributed by atoms with Crippen LogP contribution in [0.25, 0.3) is 0 Å². The molecule has 1 aliphatic heterocycles. The molecule has 1 saturated carbocycles. The minimum Gasteiger partial charge on any atom is -0.468 e.